The van der Waals surface area contributed by atoms with Crippen LogP contribution in [0, 0.1) is 5.92 Å². The lowest BCUT2D eigenvalue weighted by Gasteiger charge is -2.26. The van der Waals surface area contributed by atoms with Gasteiger partial charge in [-0.05, 0) is 57.1 Å². The van der Waals surface area contributed by atoms with Crippen molar-refractivity contribution in [3.05, 3.63) is 46.8 Å². The number of ketones is 1. The van der Waals surface area contributed by atoms with E-state index in [9.17, 15) is 18.0 Å². The number of amides is 1. The fourth-order valence-electron chi connectivity index (χ4n) is 5.09. The number of rotatable bonds is 9. The maximum absolute atomic E-state index is 13.1. The highest BCUT2D eigenvalue weighted by molar-refractivity contribution is 7.89. The van der Waals surface area contributed by atoms with Gasteiger partial charge in [0.15, 0.2) is 5.78 Å². The van der Waals surface area contributed by atoms with Crippen LogP contribution in [0.3, 0.4) is 0 Å². The first-order chi connectivity index (χ1) is 18.8. The van der Waals surface area contributed by atoms with Gasteiger partial charge in [0.25, 0.3) is 5.91 Å². The molecule has 2 aromatic rings. The third-order valence-corrected chi connectivity index (χ3v) is 9.18. The normalized spacial score (nSPS) is 18.6. The van der Waals surface area contributed by atoms with Gasteiger partial charge >= 0.3 is 0 Å². The number of aromatic nitrogens is 2. The van der Waals surface area contributed by atoms with Crippen molar-refractivity contribution in [2.45, 2.75) is 63.8 Å². The van der Waals surface area contributed by atoms with Gasteiger partial charge in [0.2, 0.25) is 10.0 Å². The Kier molecular flexibility index (Phi) is 10.3. The van der Waals surface area contributed by atoms with E-state index in [1.807, 2.05) is 6.92 Å². The second-order valence-corrected chi connectivity index (χ2v) is 12.2. The fourth-order valence-corrected chi connectivity index (χ4v) is 6.55. The number of benzene rings is 1. The number of fused-ring (bicyclic) bond motifs is 1. The van der Waals surface area contributed by atoms with Gasteiger partial charge in [0, 0.05) is 56.9 Å². The summed E-state index contributed by atoms with van der Waals surface area (Å²) in [6.07, 6.45) is 3.90. The van der Waals surface area contributed by atoms with Crippen molar-refractivity contribution in [3.63, 3.8) is 0 Å². The largest absolute Gasteiger partial charge is 0.381 e. The number of Topliss-reactive ketones (excluding diaryl/α,β-unsaturated/α-hetero) is 1. The third-order valence-electron chi connectivity index (χ3n) is 7.28. The average Bonchev–Trinajstić information content (AvgIpc) is 3.28. The second-order valence-electron chi connectivity index (χ2n) is 10.2. The SMILES string of the molecule is CCn1nc(C[C@@H](C)CCC(=O)c2cccc(S(=O)(=O)N3CCOCC3)c2)c2c1C(=O)NCCCOCCC2. The second kappa shape index (κ2) is 13.6. The van der Waals surface area contributed by atoms with E-state index in [2.05, 4.69) is 12.2 Å². The minimum absolute atomic E-state index is 0.0872. The molecule has 214 valence electrons. The van der Waals surface area contributed by atoms with E-state index in [1.54, 1.807) is 16.8 Å². The lowest BCUT2D eigenvalue weighted by atomic mass is 9.93. The minimum atomic E-state index is -3.67. The van der Waals surface area contributed by atoms with E-state index >= 15 is 0 Å². The molecule has 1 saturated heterocycles. The fraction of sp³-hybridized carbons (Fsp3) is 0.607. The maximum Gasteiger partial charge on any atom is 0.269 e. The molecule has 1 aromatic carbocycles. The molecule has 11 heteroatoms. The van der Waals surface area contributed by atoms with E-state index in [0.717, 1.165) is 24.1 Å². The Labute approximate surface area is 231 Å². The molecule has 0 unspecified atom stereocenters. The van der Waals surface area contributed by atoms with Crippen molar-refractivity contribution in [2.24, 2.45) is 5.92 Å². The number of carbonyl (C=O) groups is 2. The van der Waals surface area contributed by atoms with Gasteiger partial charge in [0.05, 0.1) is 23.8 Å². The maximum atomic E-state index is 13.1. The summed E-state index contributed by atoms with van der Waals surface area (Å²) in [5, 5.41) is 7.78. The summed E-state index contributed by atoms with van der Waals surface area (Å²) in [4.78, 5) is 26.2. The lowest BCUT2D eigenvalue weighted by molar-refractivity contribution is 0.0730. The van der Waals surface area contributed by atoms with Gasteiger partial charge < -0.3 is 14.8 Å². The number of ether oxygens (including phenoxy) is 2. The summed E-state index contributed by atoms with van der Waals surface area (Å²) in [5.74, 6) is -0.0333. The van der Waals surface area contributed by atoms with Crippen LogP contribution < -0.4 is 5.32 Å². The molecule has 1 N–H and O–H groups in total. The number of aryl methyl sites for hydroxylation is 1. The molecule has 2 aliphatic rings. The molecule has 0 spiro atoms. The van der Waals surface area contributed by atoms with Gasteiger partial charge in [-0.25, -0.2) is 8.42 Å². The van der Waals surface area contributed by atoms with Crippen molar-refractivity contribution in [1.29, 1.82) is 0 Å². The molecular weight excluding hydrogens is 520 g/mol. The van der Waals surface area contributed by atoms with Gasteiger partial charge in [-0.3, -0.25) is 14.3 Å². The molecule has 1 atom stereocenters. The molecule has 4 rings (SSSR count). The number of nitrogens with zero attached hydrogens (tertiary/aromatic N) is 3. The van der Waals surface area contributed by atoms with Crippen LogP contribution in [0.1, 0.15) is 71.6 Å². The van der Waals surface area contributed by atoms with Gasteiger partial charge in [-0.2, -0.15) is 9.40 Å². The molecule has 0 aliphatic carbocycles. The van der Waals surface area contributed by atoms with Crippen LogP contribution >= 0.6 is 0 Å². The molecule has 2 aliphatic heterocycles. The predicted octanol–water partition coefficient (Wildman–Crippen LogP) is 2.85. The summed E-state index contributed by atoms with van der Waals surface area (Å²) in [6.45, 7) is 7.87. The van der Waals surface area contributed by atoms with E-state index in [-0.39, 0.29) is 22.5 Å². The smallest absolute Gasteiger partial charge is 0.269 e. The minimum Gasteiger partial charge on any atom is -0.381 e. The van der Waals surface area contributed by atoms with Crippen LogP contribution in [0.15, 0.2) is 29.2 Å². The summed E-state index contributed by atoms with van der Waals surface area (Å²) in [5.41, 5.74) is 2.91. The molecular formula is C28H40N4O6S. The summed E-state index contributed by atoms with van der Waals surface area (Å²) in [6, 6.07) is 6.32. The number of nitrogens with one attached hydrogen (secondary N) is 1. The van der Waals surface area contributed by atoms with Crippen molar-refractivity contribution in [3.8, 4) is 0 Å². The molecule has 0 saturated carbocycles. The Morgan fingerprint density at radius 3 is 2.64 bits per heavy atom. The lowest BCUT2D eigenvalue weighted by Crippen LogP contribution is -2.40. The Bertz CT molecular complexity index is 1250. The van der Waals surface area contributed by atoms with E-state index in [1.165, 1.54) is 16.4 Å². The molecule has 10 nitrogen and oxygen atoms in total. The number of morpholine rings is 1. The first kappa shape index (κ1) is 29.4. The Hall–Kier alpha value is -2.60. The molecule has 1 aromatic heterocycles. The molecule has 1 amide bonds. The average molecular weight is 561 g/mol. The summed E-state index contributed by atoms with van der Waals surface area (Å²) in [7, 11) is -3.67. The quantitative estimate of drug-likeness (QED) is 0.469. The molecule has 1 fully saturated rings. The zero-order valence-corrected chi connectivity index (χ0v) is 23.8. The number of carbonyl (C=O) groups excluding carboxylic acids is 2. The predicted molar refractivity (Wildman–Crippen MR) is 146 cm³/mol. The van der Waals surface area contributed by atoms with Crippen molar-refractivity contribution < 1.29 is 27.5 Å². The zero-order valence-electron chi connectivity index (χ0n) is 23.0. The van der Waals surface area contributed by atoms with Crippen LogP contribution in [-0.2, 0) is 38.9 Å². The topological polar surface area (TPSA) is 120 Å². The zero-order chi connectivity index (χ0) is 27.8. The van der Waals surface area contributed by atoms with Crippen molar-refractivity contribution in [2.75, 3.05) is 46.1 Å². The van der Waals surface area contributed by atoms with Gasteiger partial charge in [0.1, 0.15) is 5.69 Å². The molecule has 0 bridgehead atoms. The number of hydrogen-bond donors (Lipinski definition) is 1. The first-order valence-electron chi connectivity index (χ1n) is 14.0. The highest BCUT2D eigenvalue weighted by Gasteiger charge is 2.27. The first-order valence-corrected chi connectivity index (χ1v) is 15.4. The van der Waals surface area contributed by atoms with Crippen LogP contribution in [0.5, 0.6) is 0 Å². The van der Waals surface area contributed by atoms with E-state index in [0.29, 0.717) is 89.5 Å². The van der Waals surface area contributed by atoms with Gasteiger partial charge in [-0.15, -0.1) is 0 Å². The monoisotopic (exact) mass is 560 g/mol. The van der Waals surface area contributed by atoms with Gasteiger partial charge in [-0.1, -0.05) is 19.1 Å². The van der Waals surface area contributed by atoms with Crippen molar-refractivity contribution in [1.82, 2.24) is 19.4 Å². The van der Waals surface area contributed by atoms with Crippen molar-refractivity contribution >= 4 is 21.7 Å². The van der Waals surface area contributed by atoms with Crippen LogP contribution in [0.4, 0.5) is 0 Å². The van der Waals surface area contributed by atoms with E-state index in [4.69, 9.17) is 14.6 Å². The third kappa shape index (κ3) is 7.33. The molecule has 0 radical (unpaired) electrons. The highest BCUT2D eigenvalue weighted by atomic mass is 32.2. The van der Waals surface area contributed by atoms with Crippen LogP contribution in [0.25, 0.3) is 0 Å². The standard InChI is InChI=1S/C28H40N4O6S/c1-3-32-27-24(9-5-15-37-16-6-12-29-28(27)34)25(30-32)19-21(2)10-11-26(33)22-7-4-8-23(20-22)39(35,36)31-13-17-38-18-14-31/h4,7-8,20-21H,3,5-6,9-19H2,1-2H3,(H,29,34)/t21-/m0/s1. The number of hydrogen-bond acceptors (Lipinski definition) is 7. The van der Waals surface area contributed by atoms with Crippen LogP contribution in [0.2, 0.25) is 0 Å². The number of sulfonamides is 1. The van der Waals surface area contributed by atoms with E-state index < -0.39 is 10.0 Å². The Morgan fingerprint density at radius 2 is 1.87 bits per heavy atom. The molecule has 39 heavy (non-hydrogen) atoms. The summed E-state index contributed by atoms with van der Waals surface area (Å²) >= 11 is 0. The molecule has 3 heterocycles. The highest BCUT2D eigenvalue weighted by Crippen LogP contribution is 2.24. The Morgan fingerprint density at radius 1 is 1.13 bits per heavy atom. The Balaban J connectivity index is 1.42. The van der Waals surface area contributed by atoms with Crippen LogP contribution in [-0.4, -0.2) is 80.3 Å². The summed E-state index contributed by atoms with van der Waals surface area (Å²) < 4.78 is 40.2.